The standard InChI is InChI=1S/C27H38N2O4/c1-3-5-7-9-10-11-13-15-25(30)32-23-18-16-22(17-19-23)27-28-20-24(21-29-27)33-26(31)14-12-8-6-4-2/h16-21H,3-15H2,1-2H3. The van der Waals surface area contributed by atoms with E-state index in [0.717, 1.165) is 44.1 Å². The zero-order valence-corrected chi connectivity index (χ0v) is 20.2. The number of unbranched alkanes of at least 4 members (excludes halogenated alkanes) is 9. The smallest absolute Gasteiger partial charge is 0.311 e. The lowest BCUT2D eigenvalue weighted by Crippen LogP contribution is -2.08. The number of carbonyl (C=O) groups is 2. The second kappa shape index (κ2) is 15.9. The van der Waals surface area contributed by atoms with Crippen LogP contribution < -0.4 is 9.47 Å². The van der Waals surface area contributed by atoms with Crippen LogP contribution in [0.1, 0.15) is 97.3 Å². The van der Waals surface area contributed by atoms with Crippen LogP contribution in [0.25, 0.3) is 11.4 Å². The molecule has 2 rings (SSSR count). The van der Waals surface area contributed by atoms with Crippen LogP contribution in [-0.2, 0) is 9.59 Å². The monoisotopic (exact) mass is 454 g/mol. The summed E-state index contributed by atoms with van der Waals surface area (Å²) in [5.74, 6) is 0.910. The Bertz CT molecular complexity index is 819. The molecule has 0 aliphatic rings. The highest BCUT2D eigenvalue weighted by Crippen LogP contribution is 2.21. The number of nitrogens with zero attached hydrogens (tertiary/aromatic N) is 2. The van der Waals surface area contributed by atoms with Gasteiger partial charge in [-0.05, 0) is 37.1 Å². The lowest BCUT2D eigenvalue weighted by molar-refractivity contribution is -0.135. The molecule has 0 saturated carbocycles. The van der Waals surface area contributed by atoms with Gasteiger partial charge in [0.05, 0.1) is 12.4 Å². The Morgan fingerprint density at radius 3 is 1.64 bits per heavy atom. The van der Waals surface area contributed by atoms with Gasteiger partial charge in [0, 0.05) is 18.4 Å². The number of esters is 2. The molecule has 0 N–H and O–H groups in total. The van der Waals surface area contributed by atoms with Crippen LogP contribution >= 0.6 is 0 Å². The fourth-order valence-corrected chi connectivity index (χ4v) is 3.48. The average Bonchev–Trinajstić information content (AvgIpc) is 2.82. The van der Waals surface area contributed by atoms with Crippen LogP contribution in [0.4, 0.5) is 0 Å². The number of rotatable bonds is 16. The van der Waals surface area contributed by atoms with Crippen molar-refractivity contribution in [2.45, 2.75) is 97.3 Å². The van der Waals surface area contributed by atoms with Crippen molar-refractivity contribution in [3.05, 3.63) is 36.7 Å². The normalized spacial score (nSPS) is 10.7. The average molecular weight is 455 g/mol. The Kier molecular flexibility index (Phi) is 12.8. The van der Waals surface area contributed by atoms with Crippen LogP contribution in [0.2, 0.25) is 0 Å². The van der Waals surface area contributed by atoms with Crippen LogP contribution in [0.5, 0.6) is 11.5 Å². The maximum absolute atomic E-state index is 12.0. The molecule has 0 amide bonds. The summed E-state index contributed by atoms with van der Waals surface area (Å²) in [7, 11) is 0. The highest BCUT2D eigenvalue weighted by atomic mass is 16.5. The largest absolute Gasteiger partial charge is 0.427 e. The van der Waals surface area contributed by atoms with Crippen molar-refractivity contribution in [1.29, 1.82) is 0 Å². The molecule has 0 aliphatic carbocycles. The van der Waals surface area contributed by atoms with Gasteiger partial charge in [0.2, 0.25) is 0 Å². The molecule has 0 bridgehead atoms. The van der Waals surface area contributed by atoms with Crippen molar-refractivity contribution in [1.82, 2.24) is 9.97 Å². The van der Waals surface area contributed by atoms with Gasteiger partial charge in [0.1, 0.15) is 5.75 Å². The van der Waals surface area contributed by atoms with Crippen molar-refractivity contribution < 1.29 is 19.1 Å². The zero-order chi connectivity index (χ0) is 23.7. The lowest BCUT2D eigenvalue weighted by atomic mass is 10.1. The summed E-state index contributed by atoms with van der Waals surface area (Å²) in [6.45, 7) is 4.34. The number of ether oxygens (including phenoxy) is 2. The molecule has 2 aromatic rings. The summed E-state index contributed by atoms with van der Waals surface area (Å²) in [5.41, 5.74) is 0.791. The van der Waals surface area contributed by atoms with Crippen molar-refractivity contribution >= 4 is 11.9 Å². The third kappa shape index (κ3) is 11.1. The molecule has 0 spiro atoms. The summed E-state index contributed by atoms with van der Waals surface area (Å²) in [6.07, 6.45) is 16.2. The van der Waals surface area contributed by atoms with Crippen molar-refractivity contribution in [2.24, 2.45) is 0 Å². The maximum atomic E-state index is 12.0. The van der Waals surface area contributed by atoms with E-state index in [9.17, 15) is 9.59 Å². The minimum atomic E-state index is -0.259. The number of carbonyl (C=O) groups excluding carboxylic acids is 2. The number of hydrogen-bond donors (Lipinski definition) is 0. The van der Waals surface area contributed by atoms with Gasteiger partial charge in [0.25, 0.3) is 0 Å². The highest BCUT2D eigenvalue weighted by Gasteiger charge is 2.09. The first-order valence-electron chi connectivity index (χ1n) is 12.5. The predicted octanol–water partition coefficient (Wildman–Crippen LogP) is 7.07. The Morgan fingerprint density at radius 1 is 0.636 bits per heavy atom. The van der Waals surface area contributed by atoms with Crippen molar-refractivity contribution in [3.8, 4) is 22.9 Å². The minimum absolute atomic E-state index is 0.201. The Labute approximate surface area is 198 Å². The Hall–Kier alpha value is -2.76. The van der Waals surface area contributed by atoms with E-state index in [1.165, 1.54) is 44.5 Å². The fourth-order valence-electron chi connectivity index (χ4n) is 3.48. The molecule has 0 saturated heterocycles. The van der Waals surface area contributed by atoms with E-state index in [0.29, 0.717) is 30.2 Å². The summed E-state index contributed by atoms with van der Waals surface area (Å²) in [6, 6.07) is 7.10. The molecule has 0 unspecified atom stereocenters. The van der Waals surface area contributed by atoms with E-state index in [1.54, 1.807) is 12.1 Å². The van der Waals surface area contributed by atoms with Gasteiger partial charge in [-0.1, -0.05) is 71.6 Å². The van der Waals surface area contributed by atoms with Crippen LogP contribution in [0, 0.1) is 0 Å². The van der Waals surface area contributed by atoms with Gasteiger partial charge in [0.15, 0.2) is 11.6 Å². The van der Waals surface area contributed by atoms with Crippen molar-refractivity contribution in [3.63, 3.8) is 0 Å². The van der Waals surface area contributed by atoms with Crippen LogP contribution in [0.3, 0.4) is 0 Å². The second-order valence-corrected chi connectivity index (χ2v) is 8.40. The second-order valence-electron chi connectivity index (χ2n) is 8.40. The fraction of sp³-hybridized carbons (Fsp3) is 0.556. The maximum Gasteiger partial charge on any atom is 0.311 e. The summed E-state index contributed by atoms with van der Waals surface area (Å²) in [5, 5.41) is 0. The van der Waals surface area contributed by atoms with Gasteiger partial charge < -0.3 is 9.47 Å². The van der Waals surface area contributed by atoms with Crippen LogP contribution in [-0.4, -0.2) is 21.9 Å². The molecule has 1 aromatic heterocycles. The van der Waals surface area contributed by atoms with E-state index in [4.69, 9.17) is 9.47 Å². The molecule has 0 radical (unpaired) electrons. The van der Waals surface area contributed by atoms with Crippen LogP contribution in [0.15, 0.2) is 36.7 Å². The van der Waals surface area contributed by atoms with Gasteiger partial charge in [-0.15, -0.1) is 0 Å². The molecule has 0 fully saturated rings. The summed E-state index contributed by atoms with van der Waals surface area (Å²) < 4.78 is 10.7. The van der Waals surface area contributed by atoms with Gasteiger partial charge in [-0.3, -0.25) is 9.59 Å². The topological polar surface area (TPSA) is 78.4 Å². The molecular weight excluding hydrogens is 416 g/mol. The third-order valence-electron chi connectivity index (χ3n) is 5.42. The molecule has 180 valence electrons. The van der Waals surface area contributed by atoms with E-state index >= 15 is 0 Å². The molecule has 6 heteroatoms. The molecular formula is C27H38N2O4. The predicted molar refractivity (Wildman–Crippen MR) is 130 cm³/mol. The van der Waals surface area contributed by atoms with Gasteiger partial charge in [-0.2, -0.15) is 0 Å². The molecule has 0 atom stereocenters. The molecule has 6 nitrogen and oxygen atoms in total. The SMILES string of the molecule is CCCCCCCCCC(=O)Oc1ccc(-c2ncc(OC(=O)CCCCCC)cn2)cc1. The molecule has 1 aromatic carbocycles. The van der Waals surface area contributed by atoms with Gasteiger partial charge >= 0.3 is 11.9 Å². The highest BCUT2D eigenvalue weighted by molar-refractivity contribution is 5.73. The van der Waals surface area contributed by atoms with Gasteiger partial charge in [-0.25, -0.2) is 9.97 Å². The number of benzene rings is 1. The first kappa shape index (κ1) is 26.5. The third-order valence-corrected chi connectivity index (χ3v) is 5.42. The first-order valence-corrected chi connectivity index (χ1v) is 12.5. The molecule has 33 heavy (non-hydrogen) atoms. The summed E-state index contributed by atoms with van der Waals surface area (Å²) in [4.78, 5) is 32.5. The van der Waals surface area contributed by atoms with E-state index in [2.05, 4.69) is 23.8 Å². The zero-order valence-electron chi connectivity index (χ0n) is 20.2. The Balaban J connectivity index is 1.73. The quantitative estimate of drug-likeness (QED) is 0.153. The number of aromatic nitrogens is 2. The lowest BCUT2D eigenvalue weighted by Gasteiger charge is -2.07. The van der Waals surface area contributed by atoms with Crippen molar-refractivity contribution in [2.75, 3.05) is 0 Å². The summed E-state index contributed by atoms with van der Waals surface area (Å²) >= 11 is 0. The minimum Gasteiger partial charge on any atom is -0.427 e. The molecule has 0 aliphatic heterocycles. The number of hydrogen-bond acceptors (Lipinski definition) is 6. The van der Waals surface area contributed by atoms with E-state index in [1.807, 2.05) is 12.1 Å². The Morgan fingerprint density at radius 2 is 1.09 bits per heavy atom. The molecule has 1 heterocycles. The van der Waals surface area contributed by atoms with E-state index in [-0.39, 0.29) is 11.9 Å². The van der Waals surface area contributed by atoms with E-state index < -0.39 is 0 Å². The first-order chi connectivity index (χ1) is 16.1.